The van der Waals surface area contributed by atoms with Gasteiger partial charge in [0.05, 0.1) is 5.01 Å². The fourth-order valence-electron chi connectivity index (χ4n) is 2.19. The minimum atomic E-state index is -0.716. The summed E-state index contributed by atoms with van der Waals surface area (Å²) in [4.78, 5) is 16.5. The van der Waals surface area contributed by atoms with E-state index < -0.39 is 11.5 Å². The number of aromatic nitrogens is 1. The van der Waals surface area contributed by atoms with Gasteiger partial charge in [-0.15, -0.1) is 11.3 Å². The maximum absolute atomic E-state index is 11.3. The number of hydrogen-bond acceptors (Lipinski definition) is 4. The molecule has 1 fully saturated rings. The van der Waals surface area contributed by atoms with Gasteiger partial charge in [-0.25, -0.2) is 4.98 Å². The third kappa shape index (κ3) is 2.25. The van der Waals surface area contributed by atoms with Crippen LogP contribution < -0.4 is 5.32 Å². The Morgan fingerprint density at radius 1 is 1.62 bits per heavy atom. The topological polar surface area (TPSA) is 62.2 Å². The van der Waals surface area contributed by atoms with Gasteiger partial charge in [-0.1, -0.05) is 12.8 Å². The lowest BCUT2D eigenvalue weighted by atomic mass is 9.98. The largest absolute Gasteiger partial charge is 0.480 e. The highest BCUT2D eigenvalue weighted by Crippen LogP contribution is 2.30. The number of nitrogens with one attached hydrogen (secondary N) is 1. The lowest BCUT2D eigenvalue weighted by Crippen LogP contribution is -2.49. The Morgan fingerprint density at radius 3 is 2.81 bits per heavy atom. The summed E-state index contributed by atoms with van der Waals surface area (Å²) in [7, 11) is 0. The highest BCUT2D eigenvalue weighted by atomic mass is 32.1. The summed E-state index contributed by atoms with van der Waals surface area (Å²) < 4.78 is 0. The SMILES string of the molecule is Cc1ncc(CNC2(C(=O)O)CCCC2)s1. The Morgan fingerprint density at radius 2 is 2.31 bits per heavy atom. The molecule has 1 aliphatic rings. The van der Waals surface area contributed by atoms with Crippen LogP contribution in [0.4, 0.5) is 0 Å². The minimum absolute atomic E-state index is 0.609. The van der Waals surface area contributed by atoms with Crippen molar-refractivity contribution in [2.75, 3.05) is 0 Å². The molecule has 0 saturated heterocycles. The van der Waals surface area contributed by atoms with E-state index in [4.69, 9.17) is 0 Å². The lowest BCUT2D eigenvalue weighted by Gasteiger charge is -2.24. The molecule has 2 N–H and O–H groups in total. The van der Waals surface area contributed by atoms with Crippen LogP contribution in [0.15, 0.2) is 6.20 Å². The van der Waals surface area contributed by atoms with E-state index in [1.807, 2.05) is 13.1 Å². The predicted molar refractivity (Wildman–Crippen MR) is 62.5 cm³/mol. The van der Waals surface area contributed by atoms with Gasteiger partial charge in [0.1, 0.15) is 5.54 Å². The van der Waals surface area contributed by atoms with E-state index in [-0.39, 0.29) is 0 Å². The number of carboxylic acid groups (broad SMARTS) is 1. The van der Waals surface area contributed by atoms with Crippen LogP contribution in [0.25, 0.3) is 0 Å². The second-order valence-electron chi connectivity index (χ2n) is 4.29. The molecule has 1 aliphatic carbocycles. The van der Waals surface area contributed by atoms with Gasteiger partial charge in [0.2, 0.25) is 0 Å². The summed E-state index contributed by atoms with van der Waals surface area (Å²) in [5.74, 6) is -0.716. The monoisotopic (exact) mass is 240 g/mol. The molecule has 0 spiro atoms. The molecular weight excluding hydrogens is 224 g/mol. The van der Waals surface area contributed by atoms with Gasteiger partial charge in [-0.05, 0) is 19.8 Å². The molecule has 0 atom stereocenters. The third-order valence-corrected chi connectivity index (χ3v) is 4.05. The number of thiazole rings is 1. The second-order valence-corrected chi connectivity index (χ2v) is 5.61. The molecule has 1 saturated carbocycles. The van der Waals surface area contributed by atoms with Gasteiger partial charge in [0.25, 0.3) is 0 Å². The van der Waals surface area contributed by atoms with E-state index in [2.05, 4.69) is 10.3 Å². The van der Waals surface area contributed by atoms with Crippen LogP contribution in [0.5, 0.6) is 0 Å². The number of carbonyl (C=O) groups is 1. The molecule has 1 aromatic rings. The molecular formula is C11H16N2O2S. The number of hydrogen-bond donors (Lipinski definition) is 2. The first kappa shape index (κ1) is 11.5. The minimum Gasteiger partial charge on any atom is -0.480 e. The summed E-state index contributed by atoms with van der Waals surface area (Å²) in [6, 6.07) is 0. The fourth-order valence-corrected chi connectivity index (χ4v) is 2.92. The predicted octanol–water partition coefficient (Wildman–Crippen LogP) is 1.94. The Balaban J connectivity index is 1.99. The quantitative estimate of drug-likeness (QED) is 0.844. The highest BCUT2D eigenvalue weighted by Gasteiger charge is 2.40. The molecule has 88 valence electrons. The van der Waals surface area contributed by atoms with Crippen molar-refractivity contribution in [2.45, 2.75) is 44.7 Å². The van der Waals surface area contributed by atoms with Crippen molar-refractivity contribution in [3.8, 4) is 0 Å². The average Bonchev–Trinajstić information content (AvgIpc) is 2.84. The first-order valence-corrected chi connectivity index (χ1v) is 6.34. The smallest absolute Gasteiger partial charge is 0.323 e. The average molecular weight is 240 g/mol. The van der Waals surface area contributed by atoms with E-state index in [0.717, 1.165) is 35.6 Å². The molecule has 1 aromatic heterocycles. The van der Waals surface area contributed by atoms with Crippen molar-refractivity contribution in [3.05, 3.63) is 16.1 Å². The molecule has 16 heavy (non-hydrogen) atoms. The van der Waals surface area contributed by atoms with Gasteiger partial charge in [-0.2, -0.15) is 0 Å². The van der Waals surface area contributed by atoms with Gasteiger partial charge in [0.15, 0.2) is 0 Å². The van der Waals surface area contributed by atoms with E-state index in [0.29, 0.717) is 6.54 Å². The van der Waals surface area contributed by atoms with Crippen LogP contribution in [0.3, 0.4) is 0 Å². The summed E-state index contributed by atoms with van der Waals surface area (Å²) >= 11 is 1.61. The first-order valence-electron chi connectivity index (χ1n) is 5.52. The molecule has 4 nitrogen and oxygen atoms in total. The zero-order valence-electron chi connectivity index (χ0n) is 9.32. The van der Waals surface area contributed by atoms with Gasteiger partial charge in [0, 0.05) is 17.6 Å². The second kappa shape index (κ2) is 4.51. The van der Waals surface area contributed by atoms with Gasteiger partial charge >= 0.3 is 5.97 Å². The molecule has 0 radical (unpaired) electrons. The van der Waals surface area contributed by atoms with Crippen LogP contribution >= 0.6 is 11.3 Å². The molecule has 0 amide bonds. The van der Waals surface area contributed by atoms with Gasteiger partial charge in [-0.3, -0.25) is 10.1 Å². The molecule has 1 heterocycles. The molecule has 0 aromatic carbocycles. The van der Waals surface area contributed by atoms with Crippen molar-refractivity contribution < 1.29 is 9.90 Å². The number of nitrogens with zero attached hydrogens (tertiary/aromatic N) is 1. The van der Waals surface area contributed by atoms with Crippen LogP contribution in [-0.4, -0.2) is 21.6 Å². The van der Waals surface area contributed by atoms with E-state index >= 15 is 0 Å². The number of aryl methyl sites for hydroxylation is 1. The van der Waals surface area contributed by atoms with Crippen LogP contribution in [-0.2, 0) is 11.3 Å². The maximum Gasteiger partial charge on any atom is 0.323 e. The number of carboxylic acids is 1. The van der Waals surface area contributed by atoms with E-state index in [1.165, 1.54) is 0 Å². The highest BCUT2D eigenvalue weighted by molar-refractivity contribution is 7.11. The van der Waals surface area contributed by atoms with Crippen LogP contribution in [0, 0.1) is 6.92 Å². The van der Waals surface area contributed by atoms with Crippen LogP contribution in [0.2, 0.25) is 0 Å². The van der Waals surface area contributed by atoms with E-state index in [9.17, 15) is 9.90 Å². The zero-order valence-corrected chi connectivity index (χ0v) is 10.1. The standard InChI is InChI=1S/C11H16N2O2S/c1-8-12-6-9(16-8)7-13-11(10(14)15)4-2-3-5-11/h6,13H,2-5,7H2,1H3,(H,14,15). The van der Waals surface area contributed by atoms with Gasteiger partial charge < -0.3 is 5.11 Å². The fraction of sp³-hybridized carbons (Fsp3) is 0.636. The third-order valence-electron chi connectivity index (χ3n) is 3.14. The van der Waals surface area contributed by atoms with Crippen molar-refractivity contribution in [1.82, 2.24) is 10.3 Å². The molecule has 5 heteroatoms. The van der Waals surface area contributed by atoms with Crippen molar-refractivity contribution in [3.63, 3.8) is 0 Å². The number of aliphatic carboxylic acids is 1. The molecule has 0 bridgehead atoms. The summed E-state index contributed by atoms with van der Waals surface area (Å²) in [6.45, 7) is 2.56. The molecule has 0 aliphatic heterocycles. The maximum atomic E-state index is 11.3. The molecule has 0 unspecified atom stereocenters. The zero-order chi connectivity index (χ0) is 11.6. The first-order chi connectivity index (χ1) is 7.62. The Labute approximate surface area is 98.7 Å². The van der Waals surface area contributed by atoms with Crippen molar-refractivity contribution in [2.24, 2.45) is 0 Å². The Hall–Kier alpha value is -0.940. The summed E-state index contributed by atoms with van der Waals surface area (Å²) in [5, 5.41) is 13.5. The Kier molecular flexibility index (Phi) is 3.25. The van der Waals surface area contributed by atoms with Crippen LogP contribution in [0.1, 0.15) is 35.6 Å². The van der Waals surface area contributed by atoms with Crippen molar-refractivity contribution in [1.29, 1.82) is 0 Å². The molecule has 2 rings (SSSR count). The normalized spacial score (nSPS) is 18.8. The van der Waals surface area contributed by atoms with E-state index in [1.54, 1.807) is 11.3 Å². The number of rotatable bonds is 4. The van der Waals surface area contributed by atoms with Crippen molar-refractivity contribution >= 4 is 17.3 Å². The lowest BCUT2D eigenvalue weighted by molar-refractivity contribution is -0.144. The summed E-state index contributed by atoms with van der Waals surface area (Å²) in [6.07, 6.45) is 5.29. The summed E-state index contributed by atoms with van der Waals surface area (Å²) in [5.41, 5.74) is -0.697. The Bertz CT molecular complexity index is 383.